The van der Waals surface area contributed by atoms with Crippen LogP contribution >= 0.6 is 36.6 Å². The van der Waals surface area contributed by atoms with Gasteiger partial charge in [0.15, 0.2) is 0 Å². The Bertz CT molecular complexity index is 273. The van der Waals surface area contributed by atoms with Gasteiger partial charge in [-0.1, -0.05) is 6.42 Å². The molecule has 2 fully saturated rings. The molecule has 4 nitrogen and oxygen atoms in total. The van der Waals surface area contributed by atoms with Crippen molar-refractivity contribution in [3.05, 3.63) is 0 Å². The van der Waals surface area contributed by atoms with Gasteiger partial charge in [-0.05, 0) is 38.9 Å². The highest BCUT2D eigenvalue weighted by molar-refractivity contribution is 7.99. The lowest BCUT2D eigenvalue weighted by Crippen LogP contribution is -2.41. The van der Waals surface area contributed by atoms with E-state index in [9.17, 15) is 4.79 Å². The summed E-state index contributed by atoms with van der Waals surface area (Å²) < 4.78 is 0. The van der Waals surface area contributed by atoms with Gasteiger partial charge in [0, 0.05) is 37.1 Å². The van der Waals surface area contributed by atoms with Crippen LogP contribution < -0.4 is 10.6 Å². The van der Waals surface area contributed by atoms with Crippen LogP contribution in [0.4, 0.5) is 0 Å². The molecule has 2 aliphatic heterocycles. The van der Waals surface area contributed by atoms with Crippen molar-refractivity contribution >= 4 is 42.5 Å². The maximum absolute atomic E-state index is 11.8. The molecule has 2 N–H and O–H groups in total. The van der Waals surface area contributed by atoms with Crippen LogP contribution in [-0.4, -0.2) is 61.1 Å². The molecule has 1 atom stereocenters. The third-order valence-electron chi connectivity index (χ3n) is 3.85. The highest BCUT2D eigenvalue weighted by atomic mass is 35.5. The number of carbonyl (C=O) groups excluding carboxylic acids is 1. The maximum atomic E-state index is 11.8. The summed E-state index contributed by atoms with van der Waals surface area (Å²) in [6, 6.07) is 0.376. The molecule has 2 aliphatic rings. The zero-order chi connectivity index (χ0) is 13.3. The predicted octanol–water partition coefficient (Wildman–Crippen LogP) is 1.92. The zero-order valence-electron chi connectivity index (χ0n) is 12.6. The molecule has 0 spiro atoms. The number of nitrogens with one attached hydrogen (secondary N) is 2. The lowest BCUT2D eigenvalue weighted by Gasteiger charge is -2.26. The first-order chi connectivity index (χ1) is 9.34. The molecule has 7 heteroatoms. The number of halogens is 2. The van der Waals surface area contributed by atoms with E-state index >= 15 is 0 Å². The second-order valence-electron chi connectivity index (χ2n) is 5.54. The lowest BCUT2D eigenvalue weighted by molar-refractivity contribution is -0.121. The first kappa shape index (κ1) is 21.3. The van der Waals surface area contributed by atoms with Crippen LogP contribution in [0.25, 0.3) is 0 Å². The van der Waals surface area contributed by atoms with E-state index in [4.69, 9.17) is 0 Å². The summed E-state index contributed by atoms with van der Waals surface area (Å²) in [7, 11) is 0. The molecule has 0 aromatic carbocycles. The van der Waals surface area contributed by atoms with Gasteiger partial charge in [0.25, 0.3) is 0 Å². The van der Waals surface area contributed by atoms with E-state index in [1.54, 1.807) is 0 Å². The number of nitrogens with zero attached hydrogens (tertiary/aromatic N) is 1. The summed E-state index contributed by atoms with van der Waals surface area (Å²) >= 11 is 1.94. The predicted molar refractivity (Wildman–Crippen MR) is 96.1 cm³/mol. The van der Waals surface area contributed by atoms with Crippen LogP contribution in [0.3, 0.4) is 0 Å². The number of piperidine rings is 1. The van der Waals surface area contributed by atoms with E-state index in [0.29, 0.717) is 12.5 Å². The molecule has 2 saturated heterocycles. The van der Waals surface area contributed by atoms with Crippen LogP contribution in [0.15, 0.2) is 0 Å². The van der Waals surface area contributed by atoms with Gasteiger partial charge in [-0.25, -0.2) is 0 Å². The zero-order valence-corrected chi connectivity index (χ0v) is 15.1. The van der Waals surface area contributed by atoms with Crippen molar-refractivity contribution in [2.45, 2.75) is 38.1 Å². The van der Waals surface area contributed by atoms with Gasteiger partial charge in [-0.15, -0.1) is 24.8 Å². The molecule has 0 radical (unpaired) electrons. The summed E-state index contributed by atoms with van der Waals surface area (Å²) in [5.41, 5.74) is 0. The van der Waals surface area contributed by atoms with E-state index in [-0.39, 0.29) is 30.7 Å². The minimum atomic E-state index is 0. The van der Waals surface area contributed by atoms with Crippen molar-refractivity contribution in [1.82, 2.24) is 15.5 Å². The second-order valence-corrected chi connectivity index (χ2v) is 6.69. The smallest absolute Gasteiger partial charge is 0.221 e. The van der Waals surface area contributed by atoms with Gasteiger partial charge >= 0.3 is 0 Å². The molecule has 0 aliphatic carbocycles. The van der Waals surface area contributed by atoms with Crippen molar-refractivity contribution in [3.63, 3.8) is 0 Å². The van der Waals surface area contributed by atoms with Gasteiger partial charge in [-0.2, -0.15) is 11.8 Å². The average molecular weight is 358 g/mol. The standard InChI is InChI=1S/C14H27N3OS.2ClH/c18-14(11-13-12-19-10-6-15-13)16-5-4-9-17-7-2-1-3-8-17;;/h13,15H,1-12H2,(H,16,18);2*1H. The largest absolute Gasteiger partial charge is 0.356 e. The van der Waals surface area contributed by atoms with Crippen LogP contribution in [0.5, 0.6) is 0 Å². The van der Waals surface area contributed by atoms with Crippen molar-refractivity contribution in [1.29, 1.82) is 0 Å². The Kier molecular flexibility index (Phi) is 13.0. The Labute approximate surface area is 145 Å². The van der Waals surface area contributed by atoms with Crippen molar-refractivity contribution in [3.8, 4) is 0 Å². The first-order valence-electron chi connectivity index (χ1n) is 7.65. The quantitative estimate of drug-likeness (QED) is 0.712. The summed E-state index contributed by atoms with van der Waals surface area (Å²) in [6.45, 7) is 5.50. The molecular weight excluding hydrogens is 329 g/mol. The minimum Gasteiger partial charge on any atom is -0.356 e. The maximum Gasteiger partial charge on any atom is 0.221 e. The lowest BCUT2D eigenvalue weighted by atomic mass is 10.1. The monoisotopic (exact) mass is 357 g/mol. The third kappa shape index (κ3) is 9.14. The topological polar surface area (TPSA) is 44.4 Å². The normalized spacial score (nSPS) is 22.8. The molecular formula is C14H29Cl2N3OS. The Hall–Kier alpha value is 0.320. The Morgan fingerprint density at radius 2 is 2.00 bits per heavy atom. The Balaban J connectivity index is 0.00000200. The van der Waals surface area contributed by atoms with Crippen molar-refractivity contribution in [2.24, 2.45) is 0 Å². The highest BCUT2D eigenvalue weighted by Crippen LogP contribution is 2.10. The summed E-state index contributed by atoms with van der Waals surface area (Å²) in [5, 5.41) is 6.46. The summed E-state index contributed by atoms with van der Waals surface area (Å²) in [4.78, 5) is 14.3. The first-order valence-corrected chi connectivity index (χ1v) is 8.80. The number of amides is 1. The molecule has 126 valence electrons. The molecule has 1 unspecified atom stereocenters. The highest BCUT2D eigenvalue weighted by Gasteiger charge is 2.16. The summed E-state index contributed by atoms with van der Waals surface area (Å²) in [5.74, 6) is 2.45. The third-order valence-corrected chi connectivity index (χ3v) is 4.98. The van der Waals surface area contributed by atoms with Crippen LogP contribution in [0.2, 0.25) is 0 Å². The van der Waals surface area contributed by atoms with Crippen molar-refractivity contribution < 1.29 is 4.79 Å². The number of thioether (sulfide) groups is 1. The second kappa shape index (κ2) is 12.8. The van der Waals surface area contributed by atoms with Crippen LogP contribution in [-0.2, 0) is 4.79 Å². The Morgan fingerprint density at radius 3 is 2.67 bits per heavy atom. The Morgan fingerprint density at radius 1 is 1.24 bits per heavy atom. The summed E-state index contributed by atoms with van der Waals surface area (Å²) in [6.07, 6.45) is 5.80. The van der Waals surface area contributed by atoms with Gasteiger partial charge in [0.05, 0.1) is 0 Å². The van der Waals surface area contributed by atoms with E-state index in [0.717, 1.165) is 31.8 Å². The number of hydrogen-bond donors (Lipinski definition) is 2. The van der Waals surface area contributed by atoms with Crippen LogP contribution in [0, 0.1) is 0 Å². The molecule has 1 amide bonds. The number of carbonyl (C=O) groups is 1. The van der Waals surface area contributed by atoms with Crippen molar-refractivity contribution in [2.75, 3.05) is 44.2 Å². The molecule has 2 rings (SSSR count). The average Bonchev–Trinajstić information content (AvgIpc) is 2.46. The van der Waals surface area contributed by atoms with Gasteiger partial charge in [0.2, 0.25) is 5.91 Å². The van der Waals surface area contributed by atoms with E-state index < -0.39 is 0 Å². The molecule has 2 heterocycles. The van der Waals surface area contributed by atoms with Crippen LogP contribution in [0.1, 0.15) is 32.1 Å². The molecule has 0 bridgehead atoms. The fourth-order valence-corrected chi connectivity index (χ4v) is 3.71. The van der Waals surface area contributed by atoms with Gasteiger partial charge in [-0.3, -0.25) is 4.79 Å². The molecule has 0 aromatic heterocycles. The molecule has 21 heavy (non-hydrogen) atoms. The van der Waals surface area contributed by atoms with E-state index in [1.165, 1.54) is 38.1 Å². The van der Waals surface area contributed by atoms with E-state index in [2.05, 4.69) is 15.5 Å². The minimum absolute atomic E-state index is 0. The van der Waals surface area contributed by atoms with E-state index in [1.807, 2.05) is 11.8 Å². The van der Waals surface area contributed by atoms with Gasteiger partial charge < -0.3 is 15.5 Å². The fraction of sp³-hybridized carbons (Fsp3) is 0.929. The SMILES string of the molecule is Cl.Cl.O=C(CC1CSCCN1)NCCCN1CCCCC1. The fourth-order valence-electron chi connectivity index (χ4n) is 2.76. The van der Waals surface area contributed by atoms with Gasteiger partial charge in [0.1, 0.15) is 0 Å². The molecule has 0 aromatic rings. The number of rotatable bonds is 6. The number of likely N-dealkylation sites (tertiary alicyclic amines) is 1. The molecule has 0 saturated carbocycles. The number of hydrogen-bond acceptors (Lipinski definition) is 4.